The molecule has 1 aromatic rings. The Morgan fingerprint density at radius 2 is 1.38 bits per heavy atom. The van der Waals surface area contributed by atoms with Crippen molar-refractivity contribution in [1.29, 1.82) is 0 Å². The molecule has 0 unspecified atom stereocenters. The van der Waals surface area contributed by atoms with E-state index in [1.165, 1.54) is 24.3 Å². The van der Waals surface area contributed by atoms with Crippen LogP contribution in [0.4, 0.5) is 0 Å². The molecule has 4 atom stereocenters. The van der Waals surface area contributed by atoms with Crippen molar-refractivity contribution in [1.82, 2.24) is 0 Å². The summed E-state index contributed by atoms with van der Waals surface area (Å²) >= 11 is 0. The van der Waals surface area contributed by atoms with Gasteiger partial charge in [-0.1, -0.05) is 85.1 Å². The minimum atomic E-state index is -1.30. The second-order valence-electron chi connectivity index (χ2n) is 13.8. The largest absolute Gasteiger partial charge is 0.504 e. The molecule has 1 spiro atoms. The van der Waals surface area contributed by atoms with Gasteiger partial charge < -0.3 is 33.9 Å². The van der Waals surface area contributed by atoms with Gasteiger partial charge >= 0.3 is 11.9 Å². The lowest BCUT2D eigenvalue weighted by Crippen LogP contribution is -2.56. The van der Waals surface area contributed by atoms with Crippen LogP contribution in [0.25, 0.3) is 6.08 Å². The molecular weight excluding hydrogens is 600 g/mol. The number of phenols is 2. The van der Waals surface area contributed by atoms with Gasteiger partial charge in [-0.2, -0.15) is 0 Å². The number of esters is 2. The molecule has 3 fully saturated rings. The van der Waals surface area contributed by atoms with Gasteiger partial charge in [0.05, 0.1) is 6.10 Å². The van der Waals surface area contributed by atoms with Gasteiger partial charge in [-0.3, -0.25) is 0 Å². The molecule has 4 rings (SSSR count). The molecule has 2 heterocycles. The van der Waals surface area contributed by atoms with Crippen molar-refractivity contribution in [3.63, 3.8) is 0 Å². The van der Waals surface area contributed by atoms with Gasteiger partial charge in [0.15, 0.2) is 22.9 Å². The molecule has 0 bridgehead atoms. The molecule has 1 aromatic carbocycles. The molecule has 1 aliphatic carbocycles. The molecule has 2 N–H and O–H groups in total. The predicted molar refractivity (Wildman–Crippen MR) is 180 cm³/mol. The monoisotopic (exact) mass is 658 g/mol. The van der Waals surface area contributed by atoms with Gasteiger partial charge in [0.25, 0.3) is 0 Å². The molecule has 3 aliphatic rings. The maximum Gasteiger partial charge on any atom is 0.341 e. The molecule has 47 heavy (non-hydrogen) atoms. The number of carbonyl (C=O) groups is 2. The van der Waals surface area contributed by atoms with Gasteiger partial charge in [-0.15, -0.1) is 0 Å². The highest BCUT2D eigenvalue weighted by atomic mass is 16.8. The molecule has 0 aromatic heterocycles. The van der Waals surface area contributed by atoms with E-state index in [4.69, 9.17) is 23.7 Å². The summed E-state index contributed by atoms with van der Waals surface area (Å²) in [5.74, 6) is -3.35. The molecule has 2 saturated heterocycles. The lowest BCUT2D eigenvalue weighted by atomic mass is 9.79. The quantitative estimate of drug-likeness (QED) is 0.0651. The lowest BCUT2D eigenvalue weighted by molar-refractivity contribution is -0.218. The number of benzene rings is 1. The van der Waals surface area contributed by atoms with Crippen molar-refractivity contribution in [3.05, 3.63) is 29.8 Å². The zero-order valence-electron chi connectivity index (χ0n) is 29.1. The van der Waals surface area contributed by atoms with E-state index in [0.717, 1.165) is 89.9 Å². The summed E-state index contributed by atoms with van der Waals surface area (Å²) in [6.07, 6.45) is 16.2. The molecule has 9 nitrogen and oxygen atoms in total. The Morgan fingerprint density at radius 1 is 0.809 bits per heavy atom. The first-order chi connectivity index (χ1) is 22.6. The molecular formula is C38H58O9. The van der Waals surface area contributed by atoms with Gasteiger partial charge in [0.1, 0.15) is 12.2 Å². The van der Waals surface area contributed by atoms with E-state index in [-0.39, 0.29) is 17.9 Å². The van der Waals surface area contributed by atoms with Gasteiger partial charge in [-0.05, 0) is 49.5 Å². The number of hydrogen-bond donors (Lipinski definition) is 2. The average molecular weight is 659 g/mol. The Morgan fingerprint density at radius 3 is 1.94 bits per heavy atom. The highest BCUT2D eigenvalue weighted by Gasteiger charge is 2.66. The number of unbranched alkanes of at least 4 members (excludes halogenated alkanes) is 8. The Hall–Kier alpha value is -2.62. The second kappa shape index (κ2) is 17.2. The van der Waals surface area contributed by atoms with E-state index in [1.54, 1.807) is 6.07 Å². The SMILES string of the molecule is CCCCCC1(CCCCC)O[C@H]2[C@H](OC(=O)/C=C/c3ccc(O)c(O)c3)C[C@]3(C[C@H]2O1)OC(CCCCC)(CCCCC)OC3=O. The third-order valence-electron chi connectivity index (χ3n) is 9.87. The number of carbonyl (C=O) groups excluding carboxylic acids is 2. The first kappa shape index (κ1) is 37.2. The van der Waals surface area contributed by atoms with Crippen LogP contribution in [0.3, 0.4) is 0 Å². The number of hydrogen-bond acceptors (Lipinski definition) is 9. The number of fused-ring (bicyclic) bond motifs is 1. The third kappa shape index (κ3) is 9.51. The van der Waals surface area contributed by atoms with E-state index in [0.29, 0.717) is 24.8 Å². The zero-order chi connectivity index (χ0) is 33.9. The van der Waals surface area contributed by atoms with E-state index in [2.05, 4.69) is 27.7 Å². The fraction of sp³-hybridized carbons (Fsp3) is 0.737. The minimum Gasteiger partial charge on any atom is -0.504 e. The summed E-state index contributed by atoms with van der Waals surface area (Å²) in [7, 11) is 0. The molecule has 2 aliphatic heterocycles. The fourth-order valence-electron chi connectivity index (χ4n) is 7.32. The number of cyclic esters (lactones) is 1. The van der Waals surface area contributed by atoms with Gasteiger partial charge in [-0.25, -0.2) is 9.59 Å². The first-order valence-corrected chi connectivity index (χ1v) is 18.3. The average Bonchev–Trinajstić information content (AvgIpc) is 3.52. The Kier molecular flexibility index (Phi) is 13.6. The molecule has 1 saturated carbocycles. The second-order valence-corrected chi connectivity index (χ2v) is 13.8. The molecule has 0 radical (unpaired) electrons. The number of rotatable bonds is 19. The molecule has 9 heteroatoms. The smallest absolute Gasteiger partial charge is 0.341 e. The van der Waals surface area contributed by atoms with Crippen LogP contribution >= 0.6 is 0 Å². The summed E-state index contributed by atoms with van der Waals surface area (Å²) < 4.78 is 32.8. The standard InChI is InChI=1S/C38H58O9/c1-5-9-13-21-37(22-14-10-6-2)44-32-27-36(35(42)46-38(47-36,23-15-11-7-3)24-16-12-8-4)26-31(34(32)45-37)43-33(41)20-18-28-17-19-29(39)30(40)25-28/h17-20,25,31-32,34,39-40H,5-16,21-24,26-27H2,1-4H3/b20-18+/t31-,32-,34+,36-/m1/s1. The topological polar surface area (TPSA) is 121 Å². The van der Waals surface area contributed by atoms with Crippen molar-refractivity contribution in [2.24, 2.45) is 0 Å². The maximum absolute atomic E-state index is 14.0. The van der Waals surface area contributed by atoms with Crippen LogP contribution in [0.5, 0.6) is 11.5 Å². The van der Waals surface area contributed by atoms with Crippen LogP contribution in [0, 0.1) is 0 Å². The van der Waals surface area contributed by atoms with Crippen LogP contribution in [0.15, 0.2) is 24.3 Å². The van der Waals surface area contributed by atoms with E-state index >= 15 is 0 Å². The van der Waals surface area contributed by atoms with Crippen molar-refractivity contribution in [3.8, 4) is 11.5 Å². The van der Waals surface area contributed by atoms with Crippen LogP contribution < -0.4 is 0 Å². The highest BCUT2D eigenvalue weighted by Crippen LogP contribution is 2.52. The van der Waals surface area contributed by atoms with E-state index in [1.807, 2.05) is 0 Å². The zero-order valence-corrected chi connectivity index (χ0v) is 29.1. The van der Waals surface area contributed by atoms with Gasteiger partial charge in [0, 0.05) is 44.6 Å². The normalized spacial score (nSPS) is 26.1. The summed E-state index contributed by atoms with van der Waals surface area (Å²) in [5.41, 5.74) is -0.781. The first-order valence-electron chi connectivity index (χ1n) is 18.3. The van der Waals surface area contributed by atoms with Crippen molar-refractivity contribution < 1.29 is 43.5 Å². The summed E-state index contributed by atoms with van der Waals surface area (Å²) in [6, 6.07) is 4.30. The van der Waals surface area contributed by atoms with Crippen LogP contribution in [-0.4, -0.2) is 57.6 Å². The summed E-state index contributed by atoms with van der Waals surface area (Å²) in [6.45, 7) is 8.64. The summed E-state index contributed by atoms with van der Waals surface area (Å²) in [5, 5.41) is 19.5. The van der Waals surface area contributed by atoms with Gasteiger partial charge in [0.2, 0.25) is 5.79 Å². The predicted octanol–water partition coefficient (Wildman–Crippen LogP) is 8.63. The van der Waals surface area contributed by atoms with E-state index in [9.17, 15) is 19.8 Å². The number of phenolic OH excluding ortho intramolecular Hbond substituents is 2. The minimum absolute atomic E-state index is 0.124. The number of aromatic hydroxyl groups is 2. The van der Waals surface area contributed by atoms with Crippen LogP contribution in [-0.2, 0) is 33.3 Å². The van der Waals surface area contributed by atoms with Crippen molar-refractivity contribution in [2.75, 3.05) is 0 Å². The third-order valence-corrected chi connectivity index (χ3v) is 9.87. The molecule has 0 amide bonds. The Balaban J connectivity index is 1.62. The van der Waals surface area contributed by atoms with Crippen molar-refractivity contribution in [2.45, 2.75) is 179 Å². The Labute approximate surface area is 281 Å². The van der Waals surface area contributed by atoms with E-state index < -0.39 is 47.4 Å². The molecule has 264 valence electrons. The maximum atomic E-state index is 14.0. The lowest BCUT2D eigenvalue weighted by Gasteiger charge is -2.40. The fourth-order valence-corrected chi connectivity index (χ4v) is 7.32. The Bertz CT molecular complexity index is 1180. The highest BCUT2D eigenvalue weighted by molar-refractivity contribution is 5.87. The number of ether oxygens (including phenoxy) is 5. The van der Waals surface area contributed by atoms with Crippen LogP contribution in [0.1, 0.15) is 149 Å². The summed E-state index contributed by atoms with van der Waals surface area (Å²) in [4.78, 5) is 27.3. The van der Waals surface area contributed by atoms with Crippen molar-refractivity contribution >= 4 is 18.0 Å². The van der Waals surface area contributed by atoms with Crippen LogP contribution in [0.2, 0.25) is 0 Å².